The smallest absolute Gasteiger partial charge is 0.257 e. The van der Waals surface area contributed by atoms with Crippen LogP contribution >= 0.6 is 11.6 Å². The fourth-order valence-corrected chi connectivity index (χ4v) is 5.60. The van der Waals surface area contributed by atoms with Crippen molar-refractivity contribution in [2.24, 2.45) is 0 Å². The lowest BCUT2D eigenvalue weighted by Crippen LogP contribution is -2.59. The van der Waals surface area contributed by atoms with E-state index in [1.165, 1.54) is 0 Å². The monoisotopic (exact) mass is 544 g/mol. The maximum absolute atomic E-state index is 13.0. The molecule has 2 fully saturated rings. The number of nitrogen functional groups attached to an aromatic ring is 1. The molecule has 0 aliphatic carbocycles. The molecule has 0 saturated carbocycles. The Balaban J connectivity index is 1.33. The number of anilines is 2. The predicted molar refractivity (Wildman–Crippen MR) is 146 cm³/mol. The van der Waals surface area contributed by atoms with Crippen molar-refractivity contribution >= 4 is 35.1 Å². The third-order valence-electron chi connectivity index (χ3n) is 7.39. The molecule has 0 spiro atoms. The number of carbonyl (C=O) groups is 2. The molecule has 206 valence electrons. The van der Waals surface area contributed by atoms with Crippen LogP contribution in [-0.2, 0) is 11.2 Å². The molecule has 11 nitrogen and oxygen atoms in total. The molecule has 2 aliphatic heterocycles. The molecule has 0 bridgehead atoms. The van der Waals surface area contributed by atoms with Crippen LogP contribution in [0.5, 0.6) is 0 Å². The minimum absolute atomic E-state index is 0.0898. The van der Waals surface area contributed by atoms with Crippen LogP contribution in [0.1, 0.15) is 47.9 Å². The Morgan fingerprint density at radius 2 is 1.95 bits per heavy atom. The van der Waals surface area contributed by atoms with Crippen molar-refractivity contribution in [1.29, 1.82) is 0 Å². The Bertz CT molecular complexity index is 1140. The van der Waals surface area contributed by atoms with Crippen LogP contribution in [0.2, 0.25) is 5.15 Å². The van der Waals surface area contributed by atoms with Gasteiger partial charge >= 0.3 is 0 Å². The lowest BCUT2D eigenvalue weighted by Gasteiger charge is -2.47. The van der Waals surface area contributed by atoms with E-state index in [0.717, 1.165) is 50.4 Å². The zero-order valence-corrected chi connectivity index (χ0v) is 22.8. The molecular formula is C26H37ClN8O3. The SMILES string of the molecule is CCC1CN(c2ncc(CC(=O)NCCO)nc2C)CCN1C1CCN(C(=O)c2ccc(Cl)nc2N)CC1. The highest BCUT2D eigenvalue weighted by Gasteiger charge is 2.35. The number of aliphatic hydroxyl groups is 1. The normalized spacial score (nSPS) is 19.0. The average Bonchev–Trinajstić information content (AvgIpc) is 2.91. The third-order valence-corrected chi connectivity index (χ3v) is 7.60. The Hall–Kier alpha value is -3.02. The van der Waals surface area contributed by atoms with Crippen molar-refractivity contribution in [2.45, 2.75) is 51.6 Å². The largest absolute Gasteiger partial charge is 0.395 e. The van der Waals surface area contributed by atoms with Crippen LogP contribution in [0.15, 0.2) is 18.3 Å². The van der Waals surface area contributed by atoms with Crippen LogP contribution in [-0.4, -0.2) is 99.6 Å². The van der Waals surface area contributed by atoms with Gasteiger partial charge in [0.1, 0.15) is 16.8 Å². The lowest BCUT2D eigenvalue weighted by molar-refractivity contribution is -0.120. The Labute approximate surface area is 228 Å². The van der Waals surface area contributed by atoms with E-state index in [4.69, 9.17) is 22.4 Å². The van der Waals surface area contributed by atoms with Crippen molar-refractivity contribution in [3.8, 4) is 0 Å². The Morgan fingerprint density at radius 3 is 2.61 bits per heavy atom. The number of likely N-dealkylation sites (tertiary alicyclic amines) is 1. The number of piperazine rings is 1. The van der Waals surface area contributed by atoms with Gasteiger partial charge in [-0.2, -0.15) is 0 Å². The summed E-state index contributed by atoms with van der Waals surface area (Å²) >= 11 is 5.88. The second kappa shape index (κ2) is 12.7. The van der Waals surface area contributed by atoms with Crippen LogP contribution in [0.25, 0.3) is 0 Å². The van der Waals surface area contributed by atoms with Crippen LogP contribution in [0.4, 0.5) is 11.6 Å². The quantitative estimate of drug-likeness (QED) is 0.419. The molecule has 12 heteroatoms. The van der Waals surface area contributed by atoms with E-state index < -0.39 is 0 Å². The molecule has 2 amide bonds. The molecule has 0 aromatic carbocycles. The van der Waals surface area contributed by atoms with Crippen molar-refractivity contribution in [3.05, 3.63) is 40.4 Å². The average molecular weight is 545 g/mol. The van der Waals surface area contributed by atoms with Crippen LogP contribution < -0.4 is 16.0 Å². The van der Waals surface area contributed by atoms with Gasteiger partial charge in [-0.05, 0) is 38.3 Å². The van der Waals surface area contributed by atoms with E-state index in [1.807, 2.05) is 11.8 Å². The van der Waals surface area contributed by atoms with Gasteiger partial charge in [0.25, 0.3) is 5.91 Å². The number of amides is 2. The number of nitrogens with zero attached hydrogens (tertiary/aromatic N) is 6. The van der Waals surface area contributed by atoms with Gasteiger partial charge in [0, 0.05) is 51.4 Å². The second-order valence-electron chi connectivity index (χ2n) is 9.86. The van der Waals surface area contributed by atoms with Crippen LogP contribution in [0, 0.1) is 6.92 Å². The van der Waals surface area contributed by atoms with Gasteiger partial charge in [0.15, 0.2) is 0 Å². The number of piperidine rings is 1. The molecule has 4 N–H and O–H groups in total. The van der Waals surface area contributed by atoms with E-state index in [-0.39, 0.29) is 42.4 Å². The van der Waals surface area contributed by atoms with Crippen molar-refractivity contribution in [2.75, 3.05) is 56.5 Å². The van der Waals surface area contributed by atoms with E-state index in [0.29, 0.717) is 36.4 Å². The molecule has 4 heterocycles. The maximum Gasteiger partial charge on any atom is 0.257 e. The maximum atomic E-state index is 13.0. The summed E-state index contributed by atoms with van der Waals surface area (Å²) in [4.78, 5) is 45.0. The summed E-state index contributed by atoms with van der Waals surface area (Å²) in [6.45, 7) is 8.26. The van der Waals surface area contributed by atoms with Crippen molar-refractivity contribution in [1.82, 2.24) is 30.1 Å². The molecule has 2 aromatic heterocycles. The Morgan fingerprint density at radius 1 is 1.18 bits per heavy atom. The van der Waals surface area contributed by atoms with E-state index >= 15 is 0 Å². The number of hydrogen-bond donors (Lipinski definition) is 3. The molecule has 38 heavy (non-hydrogen) atoms. The highest BCUT2D eigenvalue weighted by Crippen LogP contribution is 2.27. The first kappa shape index (κ1) is 28.0. The van der Waals surface area contributed by atoms with Gasteiger partial charge in [-0.15, -0.1) is 0 Å². The summed E-state index contributed by atoms with van der Waals surface area (Å²) in [6.07, 6.45) is 4.65. The van der Waals surface area contributed by atoms with Gasteiger partial charge in [-0.3, -0.25) is 19.5 Å². The number of carbonyl (C=O) groups excluding carboxylic acids is 2. The predicted octanol–water partition coefficient (Wildman–Crippen LogP) is 1.27. The molecular weight excluding hydrogens is 508 g/mol. The molecule has 1 atom stereocenters. The van der Waals surface area contributed by atoms with Gasteiger partial charge in [-0.1, -0.05) is 18.5 Å². The minimum Gasteiger partial charge on any atom is -0.395 e. The Kier molecular flexibility index (Phi) is 9.35. The molecule has 0 radical (unpaired) electrons. The summed E-state index contributed by atoms with van der Waals surface area (Å²) in [5.41, 5.74) is 7.76. The van der Waals surface area contributed by atoms with Crippen molar-refractivity contribution in [3.63, 3.8) is 0 Å². The fourth-order valence-electron chi connectivity index (χ4n) is 5.45. The minimum atomic E-state index is -0.179. The van der Waals surface area contributed by atoms with E-state index in [2.05, 4.69) is 37.0 Å². The lowest BCUT2D eigenvalue weighted by atomic mass is 9.97. The summed E-state index contributed by atoms with van der Waals surface area (Å²) in [6, 6.07) is 4.03. The number of nitrogens with one attached hydrogen (secondary N) is 1. The topological polar surface area (TPSA) is 141 Å². The number of aliphatic hydroxyl groups excluding tert-OH is 1. The number of nitrogens with two attached hydrogens (primary N) is 1. The fraction of sp³-hybridized carbons (Fsp3) is 0.577. The summed E-state index contributed by atoms with van der Waals surface area (Å²) < 4.78 is 0. The van der Waals surface area contributed by atoms with Gasteiger partial charge in [0.05, 0.1) is 36.2 Å². The summed E-state index contributed by atoms with van der Waals surface area (Å²) in [5, 5.41) is 11.8. The van der Waals surface area contributed by atoms with Gasteiger partial charge < -0.3 is 26.0 Å². The van der Waals surface area contributed by atoms with E-state index in [1.54, 1.807) is 18.3 Å². The first-order chi connectivity index (χ1) is 18.3. The zero-order chi connectivity index (χ0) is 27.2. The number of aromatic nitrogens is 3. The highest BCUT2D eigenvalue weighted by molar-refractivity contribution is 6.29. The first-order valence-electron chi connectivity index (χ1n) is 13.2. The molecule has 2 saturated heterocycles. The van der Waals surface area contributed by atoms with Crippen molar-refractivity contribution < 1.29 is 14.7 Å². The molecule has 1 unspecified atom stereocenters. The summed E-state index contributed by atoms with van der Waals surface area (Å²) in [7, 11) is 0. The van der Waals surface area contributed by atoms with Gasteiger partial charge in [-0.25, -0.2) is 9.97 Å². The number of pyridine rings is 1. The number of hydrogen-bond acceptors (Lipinski definition) is 9. The van der Waals surface area contributed by atoms with Gasteiger partial charge in [0.2, 0.25) is 5.91 Å². The third kappa shape index (κ3) is 6.51. The second-order valence-corrected chi connectivity index (χ2v) is 10.2. The number of halogens is 1. The molecule has 4 rings (SSSR count). The number of aryl methyl sites for hydroxylation is 1. The van der Waals surface area contributed by atoms with E-state index in [9.17, 15) is 9.59 Å². The highest BCUT2D eigenvalue weighted by atomic mass is 35.5. The number of rotatable bonds is 8. The zero-order valence-electron chi connectivity index (χ0n) is 22.1. The summed E-state index contributed by atoms with van der Waals surface area (Å²) in [5.74, 6) is 0.756. The van der Waals surface area contributed by atoms with Crippen LogP contribution in [0.3, 0.4) is 0 Å². The molecule has 2 aliphatic rings. The standard InChI is InChI=1S/C26H37ClN8O3/c1-3-19-16-34(25-17(2)31-18(15-30-25)14-23(37)29-8-13-36)11-12-35(19)20-6-9-33(10-7-20)26(38)21-4-5-22(27)32-24(21)28/h4-5,15,19-20,36H,3,6-14,16H2,1-2H3,(H2,28,32)(H,29,37). The first-order valence-corrected chi connectivity index (χ1v) is 13.6. The molecule has 2 aromatic rings.